The van der Waals surface area contributed by atoms with Crippen LogP contribution < -0.4 is 4.74 Å². The van der Waals surface area contributed by atoms with E-state index in [0.717, 1.165) is 21.3 Å². The average Bonchev–Trinajstić information content (AvgIpc) is 2.28. The lowest BCUT2D eigenvalue weighted by atomic mass is 10.1. The molecule has 0 amide bonds. The van der Waals surface area contributed by atoms with Crippen LogP contribution in [0.5, 0.6) is 5.75 Å². The molecule has 0 spiro atoms. The fourth-order valence-corrected chi connectivity index (χ4v) is 2.51. The molecule has 0 unspecified atom stereocenters. The minimum Gasteiger partial charge on any atom is -0.496 e. The molecule has 1 rings (SSSR count). The van der Waals surface area contributed by atoms with Crippen molar-refractivity contribution in [3.63, 3.8) is 0 Å². The van der Waals surface area contributed by atoms with Crippen molar-refractivity contribution in [2.24, 2.45) is 0 Å². The van der Waals surface area contributed by atoms with Gasteiger partial charge in [-0.05, 0) is 17.7 Å². The zero-order valence-electron chi connectivity index (χ0n) is 9.05. The Balaban J connectivity index is 3.14. The number of carbonyl (C=O) groups is 1. The van der Waals surface area contributed by atoms with Gasteiger partial charge in [0.25, 0.3) is 0 Å². The Kier molecular flexibility index (Phi) is 5.28. The Morgan fingerprint density at radius 2 is 2.06 bits per heavy atom. The lowest BCUT2D eigenvalue weighted by molar-refractivity contribution is -0.139. The van der Waals surface area contributed by atoms with Gasteiger partial charge in [0.15, 0.2) is 0 Å². The molecule has 0 atom stereocenters. The first-order valence-corrected chi connectivity index (χ1v) is 6.51. The normalized spacial score (nSPS) is 10.0. The van der Waals surface area contributed by atoms with E-state index in [9.17, 15) is 4.79 Å². The number of benzene rings is 1. The van der Waals surface area contributed by atoms with E-state index in [0.29, 0.717) is 5.33 Å². The van der Waals surface area contributed by atoms with E-state index in [1.54, 1.807) is 7.11 Å². The second-order valence-corrected chi connectivity index (χ2v) is 4.61. The molecule has 0 aromatic heterocycles. The highest BCUT2D eigenvalue weighted by atomic mass is 79.9. The summed E-state index contributed by atoms with van der Waals surface area (Å²) in [5.74, 6) is 0.493. The van der Waals surface area contributed by atoms with Gasteiger partial charge in [0.05, 0.1) is 20.6 Å². The molecule has 0 aliphatic carbocycles. The number of esters is 1. The van der Waals surface area contributed by atoms with Crippen LogP contribution in [0.4, 0.5) is 0 Å². The van der Waals surface area contributed by atoms with Gasteiger partial charge in [-0.2, -0.15) is 0 Å². The Labute approximate surface area is 111 Å². The van der Waals surface area contributed by atoms with Crippen LogP contribution >= 0.6 is 31.9 Å². The third-order valence-electron chi connectivity index (χ3n) is 2.18. The SMILES string of the molecule is COC(=O)Cc1cc(Br)cc(OC)c1CBr. The first kappa shape index (κ1) is 13.5. The minimum absolute atomic E-state index is 0.243. The highest BCUT2D eigenvalue weighted by molar-refractivity contribution is 9.10. The summed E-state index contributed by atoms with van der Waals surface area (Å²) in [6.45, 7) is 0. The number of carbonyl (C=O) groups excluding carboxylic acids is 1. The number of rotatable bonds is 4. The maximum Gasteiger partial charge on any atom is 0.309 e. The summed E-state index contributed by atoms with van der Waals surface area (Å²) in [7, 11) is 2.99. The largest absolute Gasteiger partial charge is 0.496 e. The predicted octanol–water partition coefficient (Wildman–Crippen LogP) is 3.07. The molecular formula is C11H12Br2O3. The fraction of sp³-hybridized carbons (Fsp3) is 0.364. The van der Waals surface area contributed by atoms with Crippen LogP contribution in [0.3, 0.4) is 0 Å². The maximum absolute atomic E-state index is 11.3. The number of methoxy groups -OCH3 is 2. The van der Waals surface area contributed by atoms with Gasteiger partial charge in [0.2, 0.25) is 0 Å². The number of hydrogen-bond acceptors (Lipinski definition) is 3. The van der Waals surface area contributed by atoms with Crippen LogP contribution in [-0.4, -0.2) is 20.2 Å². The van der Waals surface area contributed by atoms with Crippen LogP contribution in [0.15, 0.2) is 16.6 Å². The summed E-state index contributed by atoms with van der Waals surface area (Å²) in [6, 6.07) is 3.77. The van der Waals surface area contributed by atoms with Crippen molar-refractivity contribution in [2.45, 2.75) is 11.8 Å². The lowest BCUT2D eigenvalue weighted by Gasteiger charge is -2.12. The van der Waals surface area contributed by atoms with E-state index in [2.05, 4.69) is 36.6 Å². The third-order valence-corrected chi connectivity index (χ3v) is 3.20. The molecule has 88 valence electrons. The summed E-state index contributed by atoms with van der Waals surface area (Å²) >= 11 is 6.77. The van der Waals surface area contributed by atoms with E-state index in [1.807, 2.05) is 12.1 Å². The first-order chi connectivity index (χ1) is 7.62. The van der Waals surface area contributed by atoms with Crippen LogP contribution in [-0.2, 0) is 21.3 Å². The minimum atomic E-state index is -0.262. The summed E-state index contributed by atoms with van der Waals surface area (Å²) in [6.07, 6.45) is 0.243. The monoisotopic (exact) mass is 350 g/mol. The van der Waals surface area contributed by atoms with Gasteiger partial charge in [-0.25, -0.2) is 0 Å². The summed E-state index contributed by atoms with van der Waals surface area (Å²) in [5, 5.41) is 0.635. The Morgan fingerprint density at radius 1 is 1.38 bits per heavy atom. The molecule has 0 heterocycles. The van der Waals surface area contributed by atoms with Crippen molar-refractivity contribution in [2.75, 3.05) is 14.2 Å². The fourth-order valence-electron chi connectivity index (χ4n) is 1.39. The van der Waals surface area contributed by atoms with Crippen molar-refractivity contribution >= 4 is 37.8 Å². The van der Waals surface area contributed by atoms with Gasteiger partial charge in [0.1, 0.15) is 5.75 Å². The summed E-state index contributed by atoms with van der Waals surface area (Å²) < 4.78 is 10.8. The highest BCUT2D eigenvalue weighted by Gasteiger charge is 2.13. The molecular weight excluding hydrogens is 340 g/mol. The Morgan fingerprint density at radius 3 is 2.56 bits per heavy atom. The van der Waals surface area contributed by atoms with Crippen molar-refractivity contribution in [1.82, 2.24) is 0 Å². The van der Waals surface area contributed by atoms with E-state index in [-0.39, 0.29) is 12.4 Å². The van der Waals surface area contributed by atoms with Gasteiger partial charge in [-0.3, -0.25) is 4.79 Å². The molecule has 5 heteroatoms. The molecule has 1 aromatic carbocycles. The number of ether oxygens (including phenoxy) is 2. The van der Waals surface area contributed by atoms with E-state index >= 15 is 0 Å². The average molecular weight is 352 g/mol. The van der Waals surface area contributed by atoms with E-state index in [1.165, 1.54) is 7.11 Å². The summed E-state index contributed by atoms with van der Waals surface area (Å²) in [4.78, 5) is 11.3. The van der Waals surface area contributed by atoms with Crippen LogP contribution in [0, 0.1) is 0 Å². The number of hydrogen-bond donors (Lipinski definition) is 0. The molecule has 1 aromatic rings. The lowest BCUT2D eigenvalue weighted by Crippen LogP contribution is -2.07. The maximum atomic E-state index is 11.3. The molecule has 0 saturated carbocycles. The molecule has 0 aliphatic rings. The molecule has 0 saturated heterocycles. The topological polar surface area (TPSA) is 35.5 Å². The smallest absolute Gasteiger partial charge is 0.309 e. The molecule has 16 heavy (non-hydrogen) atoms. The molecule has 0 fully saturated rings. The van der Waals surface area contributed by atoms with Gasteiger partial charge < -0.3 is 9.47 Å². The second kappa shape index (κ2) is 6.25. The van der Waals surface area contributed by atoms with Crippen molar-refractivity contribution < 1.29 is 14.3 Å². The standard InChI is InChI=1S/C11H12Br2O3/c1-15-10-5-8(13)3-7(9(10)6-12)4-11(14)16-2/h3,5H,4,6H2,1-2H3. The van der Waals surface area contributed by atoms with Crippen LogP contribution in [0.1, 0.15) is 11.1 Å². The van der Waals surface area contributed by atoms with Gasteiger partial charge >= 0.3 is 5.97 Å². The van der Waals surface area contributed by atoms with Crippen molar-refractivity contribution in [3.05, 3.63) is 27.7 Å². The quantitative estimate of drug-likeness (QED) is 0.617. The molecule has 0 N–H and O–H groups in total. The second-order valence-electron chi connectivity index (χ2n) is 3.13. The number of halogens is 2. The Hall–Kier alpha value is -0.550. The molecule has 0 aliphatic heterocycles. The third kappa shape index (κ3) is 3.22. The zero-order chi connectivity index (χ0) is 12.1. The van der Waals surface area contributed by atoms with Gasteiger partial charge in [-0.15, -0.1) is 0 Å². The van der Waals surface area contributed by atoms with Gasteiger partial charge in [-0.1, -0.05) is 31.9 Å². The Bertz CT molecular complexity index is 391. The first-order valence-electron chi connectivity index (χ1n) is 4.60. The zero-order valence-corrected chi connectivity index (χ0v) is 12.2. The van der Waals surface area contributed by atoms with E-state index < -0.39 is 0 Å². The van der Waals surface area contributed by atoms with Crippen molar-refractivity contribution in [1.29, 1.82) is 0 Å². The summed E-state index contributed by atoms with van der Waals surface area (Å²) in [5.41, 5.74) is 1.87. The number of alkyl halides is 1. The van der Waals surface area contributed by atoms with Crippen LogP contribution in [0.25, 0.3) is 0 Å². The molecule has 3 nitrogen and oxygen atoms in total. The van der Waals surface area contributed by atoms with Crippen molar-refractivity contribution in [3.8, 4) is 5.75 Å². The van der Waals surface area contributed by atoms with Crippen LogP contribution in [0.2, 0.25) is 0 Å². The predicted molar refractivity (Wildman–Crippen MR) is 69.0 cm³/mol. The molecule has 0 radical (unpaired) electrons. The highest BCUT2D eigenvalue weighted by Crippen LogP contribution is 2.29. The van der Waals surface area contributed by atoms with E-state index in [4.69, 9.17) is 4.74 Å². The molecule has 0 bridgehead atoms. The van der Waals surface area contributed by atoms with Gasteiger partial charge in [0, 0.05) is 15.4 Å².